The van der Waals surface area contributed by atoms with Crippen molar-refractivity contribution < 1.29 is 4.74 Å². The minimum Gasteiger partial charge on any atom is -0.493 e. The molecule has 0 amide bonds. The van der Waals surface area contributed by atoms with Crippen LogP contribution in [0.4, 0.5) is 0 Å². The molecule has 0 spiro atoms. The van der Waals surface area contributed by atoms with Gasteiger partial charge in [0.15, 0.2) is 0 Å². The highest BCUT2D eigenvalue weighted by Crippen LogP contribution is 2.20. The lowest BCUT2D eigenvalue weighted by Gasteiger charge is -2.10. The number of hydrogen-bond acceptors (Lipinski definition) is 2. The Labute approximate surface area is 103 Å². The van der Waals surface area contributed by atoms with E-state index >= 15 is 0 Å². The minimum atomic E-state index is 0.415. The molecule has 1 rings (SSSR count). The molecule has 1 aromatic rings. The molecule has 0 unspecified atom stereocenters. The lowest BCUT2D eigenvalue weighted by Crippen LogP contribution is -2.10. The molecule has 3 heteroatoms. The van der Waals surface area contributed by atoms with E-state index in [1.807, 2.05) is 25.1 Å². The zero-order chi connectivity index (χ0) is 12.0. The molecule has 0 saturated heterocycles. The second-order valence-electron chi connectivity index (χ2n) is 3.90. The number of thiocarbonyl (C=S) groups is 1. The highest BCUT2D eigenvalue weighted by atomic mass is 32.1. The smallest absolute Gasteiger partial charge is 0.122 e. The fourth-order valence-electron chi connectivity index (χ4n) is 1.44. The topological polar surface area (TPSA) is 35.2 Å². The van der Waals surface area contributed by atoms with Crippen molar-refractivity contribution in [2.45, 2.75) is 33.1 Å². The van der Waals surface area contributed by atoms with Gasteiger partial charge in [0.05, 0.1) is 6.61 Å². The van der Waals surface area contributed by atoms with Gasteiger partial charge in [-0.2, -0.15) is 0 Å². The Hall–Kier alpha value is -1.09. The van der Waals surface area contributed by atoms with E-state index in [4.69, 9.17) is 22.7 Å². The van der Waals surface area contributed by atoms with Crippen LogP contribution in [0.15, 0.2) is 18.2 Å². The predicted octanol–water partition coefficient (Wildman–Crippen LogP) is 3.20. The summed E-state index contributed by atoms with van der Waals surface area (Å²) in [6.07, 6.45) is 3.50. The number of benzene rings is 1. The molecule has 16 heavy (non-hydrogen) atoms. The van der Waals surface area contributed by atoms with Crippen LogP contribution < -0.4 is 10.5 Å². The summed E-state index contributed by atoms with van der Waals surface area (Å²) < 4.78 is 5.71. The van der Waals surface area contributed by atoms with Crippen LogP contribution >= 0.6 is 12.2 Å². The molecule has 2 N–H and O–H groups in total. The third-order valence-electron chi connectivity index (χ3n) is 2.48. The van der Waals surface area contributed by atoms with Crippen molar-refractivity contribution in [3.05, 3.63) is 29.3 Å². The van der Waals surface area contributed by atoms with Gasteiger partial charge in [-0.05, 0) is 25.0 Å². The van der Waals surface area contributed by atoms with Crippen molar-refractivity contribution >= 4 is 17.2 Å². The summed E-state index contributed by atoms with van der Waals surface area (Å²) in [5.41, 5.74) is 7.57. The monoisotopic (exact) mass is 237 g/mol. The van der Waals surface area contributed by atoms with Crippen LogP contribution in [0.2, 0.25) is 0 Å². The van der Waals surface area contributed by atoms with E-state index in [1.165, 1.54) is 12.8 Å². The summed E-state index contributed by atoms with van der Waals surface area (Å²) in [5, 5.41) is 0. The molecule has 0 saturated carbocycles. The van der Waals surface area contributed by atoms with Crippen LogP contribution in [-0.2, 0) is 0 Å². The number of rotatable bonds is 6. The van der Waals surface area contributed by atoms with Gasteiger partial charge in [0.1, 0.15) is 10.7 Å². The van der Waals surface area contributed by atoms with Crippen LogP contribution in [0.3, 0.4) is 0 Å². The molecule has 0 aliphatic rings. The van der Waals surface area contributed by atoms with Crippen LogP contribution in [-0.4, -0.2) is 11.6 Å². The Morgan fingerprint density at radius 2 is 2.12 bits per heavy atom. The lowest BCUT2D eigenvalue weighted by molar-refractivity contribution is 0.304. The molecule has 1 aromatic carbocycles. The molecular weight excluding hydrogens is 218 g/mol. The van der Waals surface area contributed by atoms with Crippen molar-refractivity contribution in [3.8, 4) is 5.75 Å². The Bertz CT molecular complexity index is 363. The molecule has 0 atom stereocenters. The molecular formula is C13H19NOS. The third kappa shape index (κ3) is 3.81. The van der Waals surface area contributed by atoms with E-state index in [0.29, 0.717) is 4.99 Å². The molecule has 88 valence electrons. The van der Waals surface area contributed by atoms with Gasteiger partial charge in [-0.3, -0.25) is 0 Å². The first kappa shape index (κ1) is 13.0. The predicted molar refractivity (Wildman–Crippen MR) is 72.1 cm³/mol. The first-order valence-corrected chi connectivity index (χ1v) is 6.09. The molecule has 2 nitrogen and oxygen atoms in total. The van der Waals surface area contributed by atoms with Crippen LogP contribution in [0.5, 0.6) is 5.75 Å². The third-order valence-corrected chi connectivity index (χ3v) is 2.71. The lowest BCUT2D eigenvalue weighted by atomic mass is 10.1. The highest BCUT2D eigenvalue weighted by molar-refractivity contribution is 7.80. The molecule has 0 radical (unpaired) electrons. The average Bonchev–Trinajstić information content (AvgIpc) is 2.26. The van der Waals surface area contributed by atoms with E-state index in [-0.39, 0.29) is 0 Å². The van der Waals surface area contributed by atoms with Crippen LogP contribution in [0.25, 0.3) is 0 Å². The molecule has 0 aromatic heterocycles. The maximum atomic E-state index is 5.71. The SMILES string of the molecule is CCCCCOc1cc(C(N)=S)ccc1C. The summed E-state index contributed by atoms with van der Waals surface area (Å²) in [4.78, 5) is 0.415. The maximum absolute atomic E-state index is 5.71. The fraction of sp³-hybridized carbons (Fsp3) is 0.462. The van der Waals surface area contributed by atoms with Crippen LogP contribution in [0, 0.1) is 6.92 Å². The van der Waals surface area contributed by atoms with Gasteiger partial charge in [-0.15, -0.1) is 0 Å². The van der Waals surface area contributed by atoms with Gasteiger partial charge in [-0.25, -0.2) is 0 Å². The Kier molecular flexibility index (Phi) is 5.26. The van der Waals surface area contributed by atoms with Crippen molar-refractivity contribution in [1.82, 2.24) is 0 Å². The molecule has 0 aliphatic carbocycles. The van der Waals surface area contributed by atoms with Gasteiger partial charge < -0.3 is 10.5 Å². The van der Waals surface area contributed by atoms with Gasteiger partial charge in [0, 0.05) is 5.56 Å². The summed E-state index contributed by atoms with van der Waals surface area (Å²) in [6, 6.07) is 5.84. The number of nitrogens with two attached hydrogens (primary N) is 1. The van der Waals surface area contributed by atoms with E-state index in [2.05, 4.69) is 6.92 Å². The Morgan fingerprint density at radius 3 is 2.75 bits per heavy atom. The molecule has 0 heterocycles. The molecule has 0 aliphatic heterocycles. The maximum Gasteiger partial charge on any atom is 0.122 e. The number of ether oxygens (including phenoxy) is 1. The summed E-state index contributed by atoms with van der Waals surface area (Å²) >= 11 is 4.94. The van der Waals surface area contributed by atoms with Gasteiger partial charge >= 0.3 is 0 Å². The average molecular weight is 237 g/mol. The zero-order valence-corrected chi connectivity index (χ0v) is 10.8. The van der Waals surface area contributed by atoms with Crippen molar-refractivity contribution in [3.63, 3.8) is 0 Å². The Balaban J connectivity index is 2.63. The standard InChI is InChI=1S/C13H19NOS/c1-3-4-5-8-15-12-9-11(13(14)16)7-6-10(12)2/h6-7,9H,3-5,8H2,1-2H3,(H2,14,16). The zero-order valence-electron chi connectivity index (χ0n) is 9.95. The number of hydrogen-bond donors (Lipinski definition) is 1. The van der Waals surface area contributed by atoms with E-state index in [1.54, 1.807) is 0 Å². The summed E-state index contributed by atoms with van der Waals surface area (Å²) in [6.45, 7) is 4.96. The molecule has 0 bridgehead atoms. The first-order chi connectivity index (χ1) is 7.65. The fourth-order valence-corrected chi connectivity index (χ4v) is 1.57. The second kappa shape index (κ2) is 6.48. The van der Waals surface area contributed by atoms with Gasteiger partial charge in [0.2, 0.25) is 0 Å². The summed E-state index contributed by atoms with van der Waals surface area (Å²) in [5.74, 6) is 0.890. The van der Waals surface area contributed by atoms with E-state index < -0.39 is 0 Å². The number of unbranched alkanes of at least 4 members (excludes halogenated alkanes) is 2. The van der Waals surface area contributed by atoms with E-state index in [9.17, 15) is 0 Å². The normalized spacial score (nSPS) is 10.1. The Morgan fingerprint density at radius 1 is 1.38 bits per heavy atom. The van der Waals surface area contributed by atoms with E-state index in [0.717, 1.165) is 29.9 Å². The number of aryl methyl sites for hydroxylation is 1. The van der Waals surface area contributed by atoms with Gasteiger partial charge in [0.25, 0.3) is 0 Å². The van der Waals surface area contributed by atoms with Gasteiger partial charge in [-0.1, -0.05) is 44.1 Å². The van der Waals surface area contributed by atoms with Crippen molar-refractivity contribution in [2.24, 2.45) is 5.73 Å². The van der Waals surface area contributed by atoms with Crippen molar-refractivity contribution in [2.75, 3.05) is 6.61 Å². The summed E-state index contributed by atoms with van der Waals surface area (Å²) in [7, 11) is 0. The van der Waals surface area contributed by atoms with Crippen molar-refractivity contribution in [1.29, 1.82) is 0 Å². The highest BCUT2D eigenvalue weighted by Gasteiger charge is 2.03. The first-order valence-electron chi connectivity index (χ1n) is 5.68. The van der Waals surface area contributed by atoms with Crippen LogP contribution in [0.1, 0.15) is 37.3 Å². The second-order valence-corrected chi connectivity index (χ2v) is 4.34. The largest absolute Gasteiger partial charge is 0.493 e. The minimum absolute atomic E-state index is 0.415. The molecule has 0 fully saturated rings. The quantitative estimate of drug-likeness (QED) is 0.609.